The lowest BCUT2D eigenvalue weighted by Crippen LogP contribution is -2.23. The standard InChI is InChI=1S/C16H27NOS/c1-13-7-8-15(14(2)11-13)19(18)10-6-5-9-16(3,4)12-17/h7-8,11H,5-6,9-10,12,17H2,1-4H3. The number of aryl methyl sites for hydroxylation is 2. The van der Waals surface area contributed by atoms with Gasteiger partial charge in [-0.3, -0.25) is 4.21 Å². The van der Waals surface area contributed by atoms with Crippen molar-refractivity contribution in [2.24, 2.45) is 11.1 Å². The lowest BCUT2D eigenvalue weighted by Gasteiger charge is -2.21. The average Bonchev–Trinajstić information content (AvgIpc) is 2.34. The number of rotatable bonds is 7. The fourth-order valence-electron chi connectivity index (χ4n) is 2.10. The molecule has 0 amide bonds. The third kappa shape index (κ3) is 5.45. The van der Waals surface area contributed by atoms with Crippen LogP contribution >= 0.6 is 0 Å². The molecule has 0 saturated heterocycles. The van der Waals surface area contributed by atoms with Gasteiger partial charge in [0.25, 0.3) is 0 Å². The Morgan fingerprint density at radius 2 is 1.89 bits per heavy atom. The number of hydrogen-bond donors (Lipinski definition) is 1. The lowest BCUT2D eigenvalue weighted by atomic mass is 9.88. The highest BCUT2D eigenvalue weighted by Crippen LogP contribution is 2.22. The molecule has 0 aliphatic carbocycles. The number of hydrogen-bond acceptors (Lipinski definition) is 2. The number of nitrogens with two attached hydrogens (primary N) is 1. The first-order chi connectivity index (χ1) is 8.85. The van der Waals surface area contributed by atoms with Crippen LogP contribution in [0.1, 0.15) is 44.2 Å². The largest absolute Gasteiger partial charge is 0.330 e. The van der Waals surface area contributed by atoms with Crippen molar-refractivity contribution in [3.63, 3.8) is 0 Å². The summed E-state index contributed by atoms with van der Waals surface area (Å²) in [5.74, 6) is 0.755. The molecule has 19 heavy (non-hydrogen) atoms. The highest BCUT2D eigenvalue weighted by atomic mass is 32.2. The molecule has 1 aromatic rings. The molecule has 1 unspecified atom stereocenters. The van der Waals surface area contributed by atoms with Crippen LogP contribution in [0.25, 0.3) is 0 Å². The first-order valence-corrected chi connectivity index (χ1v) is 8.33. The SMILES string of the molecule is Cc1ccc(S(=O)CCCCC(C)(C)CN)c(C)c1. The maximum Gasteiger partial charge on any atom is 0.0532 e. The second kappa shape index (κ2) is 7.20. The van der Waals surface area contributed by atoms with E-state index in [1.54, 1.807) is 0 Å². The lowest BCUT2D eigenvalue weighted by molar-refractivity contribution is 0.336. The Morgan fingerprint density at radius 3 is 2.47 bits per heavy atom. The molecule has 1 aromatic carbocycles. The van der Waals surface area contributed by atoms with Gasteiger partial charge in [-0.1, -0.05) is 38.0 Å². The van der Waals surface area contributed by atoms with Gasteiger partial charge in [0, 0.05) is 10.6 Å². The fraction of sp³-hybridized carbons (Fsp3) is 0.625. The van der Waals surface area contributed by atoms with Crippen molar-refractivity contribution in [3.8, 4) is 0 Å². The Bertz CT molecular complexity index is 440. The van der Waals surface area contributed by atoms with Crippen molar-refractivity contribution in [1.82, 2.24) is 0 Å². The van der Waals surface area contributed by atoms with Crippen molar-refractivity contribution in [3.05, 3.63) is 29.3 Å². The summed E-state index contributed by atoms with van der Waals surface area (Å²) in [6, 6.07) is 6.15. The molecule has 3 heteroatoms. The molecule has 0 radical (unpaired) electrons. The Morgan fingerprint density at radius 1 is 1.21 bits per heavy atom. The Kier molecular flexibility index (Phi) is 6.21. The highest BCUT2D eigenvalue weighted by molar-refractivity contribution is 7.85. The van der Waals surface area contributed by atoms with Crippen LogP contribution in [0, 0.1) is 19.3 Å². The zero-order valence-corrected chi connectivity index (χ0v) is 13.5. The molecule has 0 aliphatic rings. The summed E-state index contributed by atoms with van der Waals surface area (Å²) < 4.78 is 12.3. The van der Waals surface area contributed by atoms with E-state index in [1.807, 2.05) is 19.1 Å². The number of unbranched alkanes of at least 4 members (excludes halogenated alkanes) is 1. The van der Waals surface area contributed by atoms with Crippen molar-refractivity contribution in [2.45, 2.75) is 51.9 Å². The topological polar surface area (TPSA) is 43.1 Å². The zero-order chi connectivity index (χ0) is 14.5. The second-order valence-corrected chi connectivity index (χ2v) is 7.68. The zero-order valence-electron chi connectivity index (χ0n) is 12.7. The van der Waals surface area contributed by atoms with Gasteiger partial charge < -0.3 is 5.73 Å². The Hall–Kier alpha value is -0.670. The monoisotopic (exact) mass is 281 g/mol. The first-order valence-electron chi connectivity index (χ1n) is 7.01. The molecule has 2 N–H and O–H groups in total. The van der Waals surface area contributed by atoms with E-state index in [-0.39, 0.29) is 5.41 Å². The molecule has 1 rings (SSSR count). The van der Waals surface area contributed by atoms with Crippen molar-refractivity contribution < 1.29 is 4.21 Å². The van der Waals surface area contributed by atoms with Crippen molar-refractivity contribution in [1.29, 1.82) is 0 Å². The normalized spacial score (nSPS) is 13.5. The Labute approximate surface area is 120 Å². The highest BCUT2D eigenvalue weighted by Gasteiger charge is 2.15. The summed E-state index contributed by atoms with van der Waals surface area (Å²) in [4.78, 5) is 0.990. The molecular formula is C16H27NOS. The van der Waals surface area contributed by atoms with Gasteiger partial charge in [0.05, 0.1) is 10.8 Å². The molecular weight excluding hydrogens is 254 g/mol. The smallest absolute Gasteiger partial charge is 0.0532 e. The van der Waals surface area contributed by atoms with Crippen LogP contribution in [0.4, 0.5) is 0 Å². The minimum absolute atomic E-state index is 0.210. The van der Waals surface area contributed by atoms with Gasteiger partial charge in [-0.05, 0) is 50.3 Å². The minimum Gasteiger partial charge on any atom is -0.330 e. The molecule has 0 fully saturated rings. The summed E-state index contributed by atoms with van der Waals surface area (Å²) in [5, 5.41) is 0. The molecule has 108 valence electrons. The van der Waals surface area contributed by atoms with E-state index in [1.165, 1.54) is 5.56 Å². The van der Waals surface area contributed by atoms with Crippen LogP contribution < -0.4 is 5.73 Å². The van der Waals surface area contributed by atoms with Crippen molar-refractivity contribution >= 4 is 10.8 Å². The summed E-state index contributed by atoms with van der Waals surface area (Å²) >= 11 is 0. The molecule has 0 saturated carbocycles. The van der Waals surface area contributed by atoms with Gasteiger partial charge in [-0.15, -0.1) is 0 Å². The fourth-order valence-corrected chi connectivity index (χ4v) is 3.43. The maximum atomic E-state index is 12.3. The summed E-state index contributed by atoms with van der Waals surface area (Å²) in [5.41, 5.74) is 8.29. The molecule has 2 nitrogen and oxygen atoms in total. The van der Waals surface area contributed by atoms with Crippen LogP contribution in [0.15, 0.2) is 23.1 Å². The molecule has 0 heterocycles. The summed E-state index contributed by atoms with van der Waals surface area (Å²) in [7, 11) is -0.865. The van der Waals surface area contributed by atoms with Crippen LogP contribution in [0.3, 0.4) is 0 Å². The van der Waals surface area contributed by atoms with E-state index < -0.39 is 10.8 Å². The van der Waals surface area contributed by atoms with Crippen LogP contribution in [-0.2, 0) is 10.8 Å². The van der Waals surface area contributed by atoms with E-state index in [0.717, 1.165) is 35.5 Å². The first kappa shape index (κ1) is 16.4. The van der Waals surface area contributed by atoms with Gasteiger partial charge >= 0.3 is 0 Å². The Balaban J connectivity index is 2.44. The molecule has 1 atom stereocenters. The summed E-state index contributed by atoms with van der Waals surface area (Å²) in [6.07, 6.45) is 3.21. The second-order valence-electron chi connectivity index (χ2n) is 6.14. The van der Waals surface area contributed by atoms with E-state index in [0.29, 0.717) is 6.54 Å². The van der Waals surface area contributed by atoms with Gasteiger partial charge in [-0.25, -0.2) is 0 Å². The molecule has 0 aliphatic heterocycles. The molecule has 0 bridgehead atoms. The van der Waals surface area contributed by atoms with E-state index in [9.17, 15) is 4.21 Å². The van der Waals surface area contributed by atoms with E-state index in [2.05, 4.69) is 26.8 Å². The minimum atomic E-state index is -0.865. The van der Waals surface area contributed by atoms with E-state index >= 15 is 0 Å². The van der Waals surface area contributed by atoms with Crippen LogP contribution in [-0.4, -0.2) is 16.5 Å². The maximum absolute atomic E-state index is 12.3. The average molecular weight is 281 g/mol. The van der Waals surface area contributed by atoms with Crippen LogP contribution in [0.5, 0.6) is 0 Å². The quantitative estimate of drug-likeness (QED) is 0.776. The third-order valence-electron chi connectivity index (χ3n) is 3.56. The molecule has 0 aromatic heterocycles. The van der Waals surface area contributed by atoms with Gasteiger partial charge in [0.2, 0.25) is 0 Å². The van der Waals surface area contributed by atoms with Crippen LogP contribution in [0.2, 0.25) is 0 Å². The van der Waals surface area contributed by atoms with Gasteiger partial charge in [0.1, 0.15) is 0 Å². The predicted octanol–water partition coefficient (Wildman–Crippen LogP) is 3.57. The number of benzene rings is 1. The van der Waals surface area contributed by atoms with E-state index in [4.69, 9.17) is 5.73 Å². The third-order valence-corrected chi connectivity index (χ3v) is 5.17. The van der Waals surface area contributed by atoms with Gasteiger partial charge in [0.15, 0.2) is 0 Å². The van der Waals surface area contributed by atoms with Gasteiger partial charge in [-0.2, -0.15) is 0 Å². The van der Waals surface area contributed by atoms with Crippen molar-refractivity contribution in [2.75, 3.05) is 12.3 Å². The summed E-state index contributed by atoms with van der Waals surface area (Å²) in [6.45, 7) is 9.20. The predicted molar refractivity (Wildman–Crippen MR) is 83.9 cm³/mol. The molecule has 0 spiro atoms.